The predicted octanol–water partition coefficient (Wildman–Crippen LogP) is 0.0629. The van der Waals surface area contributed by atoms with Crippen LogP contribution >= 0.6 is 15.9 Å². The summed E-state index contributed by atoms with van der Waals surface area (Å²) in [4.78, 5) is 10.5. The van der Waals surface area contributed by atoms with E-state index in [9.17, 15) is 18.3 Å². The first-order valence-electron chi connectivity index (χ1n) is 4.20. The van der Waals surface area contributed by atoms with E-state index in [4.69, 9.17) is 0 Å². The Morgan fingerprint density at radius 1 is 1.38 bits per heavy atom. The van der Waals surface area contributed by atoms with Crippen molar-refractivity contribution in [3.05, 3.63) is 28.2 Å². The number of benzene rings is 1. The second kappa shape index (κ2) is 4.52. The second-order valence-corrected chi connectivity index (χ2v) is 6.19. The quantitative estimate of drug-likeness (QED) is 0.791. The van der Waals surface area contributed by atoms with Crippen molar-refractivity contribution in [2.75, 3.05) is 14.1 Å². The number of hydrogen-bond acceptors (Lipinski definition) is 4. The van der Waals surface area contributed by atoms with Gasteiger partial charge in [0.15, 0.2) is 0 Å². The number of carbonyl (C=O) groups is 1. The molecule has 0 unspecified atom stereocenters. The molecule has 0 heterocycles. The van der Waals surface area contributed by atoms with Gasteiger partial charge in [-0.05, 0) is 33.6 Å². The van der Waals surface area contributed by atoms with Gasteiger partial charge >= 0.3 is 0 Å². The van der Waals surface area contributed by atoms with Crippen LogP contribution in [0.5, 0.6) is 0 Å². The highest BCUT2D eigenvalue weighted by atomic mass is 79.9. The zero-order valence-electron chi connectivity index (χ0n) is 8.60. The first-order valence-corrected chi connectivity index (χ1v) is 6.43. The first kappa shape index (κ1) is 13.1. The summed E-state index contributed by atoms with van der Waals surface area (Å²) in [5, 5.41) is 10.6. The molecule has 0 aliphatic heterocycles. The van der Waals surface area contributed by atoms with Crippen molar-refractivity contribution >= 4 is 31.9 Å². The first-order chi connectivity index (χ1) is 7.26. The summed E-state index contributed by atoms with van der Waals surface area (Å²) < 4.78 is 24.9. The maximum absolute atomic E-state index is 11.8. The Hall–Kier alpha value is -0.920. The van der Waals surface area contributed by atoms with Crippen LogP contribution in [0.4, 0.5) is 0 Å². The molecule has 7 heteroatoms. The lowest BCUT2D eigenvalue weighted by atomic mass is 10.2. The summed E-state index contributed by atoms with van der Waals surface area (Å²) in [6, 6.07) is 3.70. The molecule has 0 radical (unpaired) electrons. The molecule has 0 atom stereocenters. The maximum atomic E-state index is 11.8. The van der Waals surface area contributed by atoms with Crippen LogP contribution in [0.25, 0.3) is 0 Å². The van der Waals surface area contributed by atoms with Crippen LogP contribution in [-0.4, -0.2) is 32.8 Å². The number of nitrogens with zero attached hydrogens (tertiary/aromatic N) is 1. The number of sulfonamides is 1. The van der Waals surface area contributed by atoms with Crippen molar-refractivity contribution in [2.45, 2.75) is 4.90 Å². The molecular weight excluding hydrogens is 298 g/mol. The van der Waals surface area contributed by atoms with Crippen LogP contribution in [0.15, 0.2) is 27.6 Å². The fraction of sp³-hybridized carbons (Fsp3) is 0.222. The molecule has 0 saturated carbocycles. The van der Waals surface area contributed by atoms with Crippen LogP contribution in [0.2, 0.25) is 0 Å². The van der Waals surface area contributed by atoms with Crippen molar-refractivity contribution in [1.82, 2.24) is 4.31 Å². The Balaban J connectivity index is 3.45. The maximum Gasteiger partial charge on any atom is 0.243 e. The average Bonchev–Trinajstić information content (AvgIpc) is 2.17. The van der Waals surface area contributed by atoms with Gasteiger partial charge in [0, 0.05) is 18.6 Å². The molecule has 0 saturated heterocycles. The summed E-state index contributed by atoms with van der Waals surface area (Å²) in [6.45, 7) is 0. The number of carboxylic acid groups (broad SMARTS) is 1. The minimum absolute atomic E-state index is 0.0980. The van der Waals surface area contributed by atoms with Crippen LogP contribution in [0, 0.1) is 0 Å². The van der Waals surface area contributed by atoms with Crippen molar-refractivity contribution in [1.29, 1.82) is 0 Å². The topological polar surface area (TPSA) is 77.5 Å². The molecule has 0 aromatic heterocycles. The number of carbonyl (C=O) groups excluding carboxylic acids is 1. The summed E-state index contributed by atoms with van der Waals surface area (Å²) in [7, 11) is -0.931. The summed E-state index contributed by atoms with van der Waals surface area (Å²) in [5.41, 5.74) is -0.177. The molecule has 1 aromatic carbocycles. The molecule has 0 aliphatic carbocycles. The lowest BCUT2D eigenvalue weighted by molar-refractivity contribution is -0.255. The van der Waals surface area contributed by atoms with Gasteiger partial charge in [0.25, 0.3) is 0 Å². The van der Waals surface area contributed by atoms with Crippen LogP contribution in [0.3, 0.4) is 0 Å². The van der Waals surface area contributed by atoms with Gasteiger partial charge in [-0.25, -0.2) is 12.7 Å². The number of aromatic carboxylic acids is 1. The van der Waals surface area contributed by atoms with Crippen LogP contribution in [0.1, 0.15) is 10.4 Å². The van der Waals surface area contributed by atoms with E-state index in [1.54, 1.807) is 0 Å². The fourth-order valence-corrected chi connectivity index (χ4v) is 2.87. The highest BCUT2D eigenvalue weighted by molar-refractivity contribution is 9.10. The minimum atomic E-state index is -3.67. The van der Waals surface area contributed by atoms with Gasteiger partial charge in [0.05, 0.1) is 10.9 Å². The largest absolute Gasteiger partial charge is 0.545 e. The molecule has 0 spiro atoms. The Labute approximate surface area is 102 Å². The summed E-state index contributed by atoms with van der Waals surface area (Å²) in [5.74, 6) is -1.41. The Bertz CT molecular complexity index is 524. The SMILES string of the molecule is CN(C)S(=O)(=O)c1cc(C(=O)[O-])ccc1Br. The molecule has 1 rings (SSSR count). The van der Waals surface area contributed by atoms with Gasteiger partial charge in [-0.2, -0.15) is 0 Å². The van der Waals surface area contributed by atoms with Gasteiger partial charge in [-0.15, -0.1) is 0 Å². The van der Waals surface area contributed by atoms with E-state index in [1.165, 1.54) is 26.2 Å². The van der Waals surface area contributed by atoms with E-state index in [1.807, 2.05) is 0 Å². The molecule has 0 fully saturated rings. The molecule has 5 nitrogen and oxygen atoms in total. The lowest BCUT2D eigenvalue weighted by Gasteiger charge is -2.14. The molecule has 16 heavy (non-hydrogen) atoms. The van der Waals surface area contributed by atoms with Crippen LogP contribution < -0.4 is 5.11 Å². The monoisotopic (exact) mass is 306 g/mol. The van der Waals surface area contributed by atoms with Gasteiger partial charge in [-0.1, -0.05) is 6.07 Å². The smallest absolute Gasteiger partial charge is 0.243 e. The van der Waals surface area contributed by atoms with Gasteiger partial charge < -0.3 is 9.90 Å². The number of halogens is 1. The van der Waals surface area contributed by atoms with E-state index in [-0.39, 0.29) is 10.5 Å². The van der Waals surface area contributed by atoms with E-state index in [0.717, 1.165) is 10.4 Å². The standard InChI is InChI=1S/C9H10BrNO4S/c1-11(2)16(14,15)8-5-6(9(12)13)3-4-7(8)10/h3-5H,1-2H3,(H,12,13)/p-1. The van der Waals surface area contributed by atoms with Crippen molar-refractivity contribution < 1.29 is 18.3 Å². The predicted molar refractivity (Wildman–Crippen MR) is 59.3 cm³/mol. The molecule has 0 N–H and O–H groups in total. The van der Waals surface area contributed by atoms with E-state index in [2.05, 4.69) is 15.9 Å². The Kier molecular flexibility index (Phi) is 3.72. The van der Waals surface area contributed by atoms with Crippen LogP contribution in [-0.2, 0) is 10.0 Å². The van der Waals surface area contributed by atoms with Crippen molar-refractivity contribution in [3.8, 4) is 0 Å². The van der Waals surface area contributed by atoms with Gasteiger partial charge in [0.2, 0.25) is 10.0 Å². The molecule has 88 valence electrons. The number of rotatable bonds is 3. The van der Waals surface area contributed by atoms with E-state index >= 15 is 0 Å². The Morgan fingerprint density at radius 3 is 2.38 bits per heavy atom. The third-order valence-corrected chi connectivity index (χ3v) is 4.73. The van der Waals surface area contributed by atoms with Gasteiger partial charge in [-0.3, -0.25) is 0 Å². The van der Waals surface area contributed by atoms with E-state index in [0.29, 0.717) is 4.47 Å². The molecule has 0 aliphatic rings. The normalized spacial score (nSPS) is 11.8. The zero-order valence-corrected chi connectivity index (χ0v) is 11.0. The average molecular weight is 307 g/mol. The van der Waals surface area contributed by atoms with Crippen molar-refractivity contribution in [2.24, 2.45) is 0 Å². The minimum Gasteiger partial charge on any atom is -0.545 e. The third kappa shape index (κ3) is 2.42. The fourth-order valence-electron chi connectivity index (χ4n) is 1.02. The molecule has 0 bridgehead atoms. The zero-order chi connectivity index (χ0) is 12.5. The van der Waals surface area contributed by atoms with Gasteiger partial charge in [0.1, 0.15) is 0 Å². The molecule has 1 aromatic rings. The summed E-state index contributed by atoms with van der Waals surface area (Å²) >= 11 is 3.06. The lowest BCUT2D eigenvalue weighted by Crippen LogP contribution is -2.25. The third-order valence-electron chi connectivity index (χ3n) is 1.93. The number of carboxylic acids is 1. The number of hydrogen-bond donors (Lipinski definition) is 0. The second-order valence-electron chi connectivity index (χ2n) is 3.22. The van der Waals surface area contributed by atoms with E-state index < -0.39 is 16.0 Å². The van der Waals surface area contributed by atoms with Crippen molar-refractivity contribution in [3.63, 3.8) is 0 Å². The highest BCUT2D eigenvalue weighted by Crippen LogP contribution is 2.24. The summed E-state index contributed by atoms with van der Waals surface area (Å²) in [6.07, 6.45) is 0. The Morgan fingerprint density at radius 2 is 1.94 bits per heavy atom. The molecule has 0 amide bonds. The molecular formula is C9H9BrNO4S-. The highest BCUT2D eigenvalue weighted by Gasteiger charge is 2.20.